The number of tetrazole rings is 1. The lowest BCUT2D eigenvalue weighted by molar-refractivity contribution is -0.135. The lowest BCUT2D eigenvalue weighted by Crippen LogP contribution is -2.42. The molecule has 0 N–H and O–H groups in total. The third kappa shape index (κ3) is 5.78. The minimum atomic E-state index is -0.544. The van der Waals surface area contributed by atoms with Crippen molar-refractivity contribution in [1.29, 1.82) is 0 Å². The molecule has 2 heterocycles. The van der Waals surface area contributed by atoms with Crippen molar-refractivity contribution in [3.05, 3.63) is 35.7 Å². The first-order valence-electron chi connectivity index (χ1n) is 10.5. The van der Waals surface area contributed by atoms with Crippen molar-refractivity contribution in [2.45, 2.75) is 25.8 Å². The van der Waals surface area contributed by atoms with Crippen molar-refractivity contribution < 1.29 is 14.3 Å². The van der Waals surface area contributed by atoms with E-state index in [0.29, 0.717) is 38.4 Å². The lowest BCUT2D eigenvalue weighted by atomic mass is 10.0. The molecule has 10 nitrogen and oxygen atoms in total. The number of likely N-dealkylation sites (N-methyl/N-ethyl adjacent to an activating group) is 1. The summed E-state index contributed by atoms with van der Waals surface area (Å²) >= 11 is 0. The average Bonchev–Trinajstić information content (AvgIpc) is 3.04. The van der Waals surface area contributed by atoms with Crippen LogP contribution >= 0.6 is 0 Å². The molecule has 3 rings (SSSR count). The van der Waals surface area contributed by atoms with Gasteiger partial charge in [-0.1, -0.05) is 12.1 Å². The monoisotopic (exact) mass is 429 g/mol. The normalized spacial score (nSPS) is 15.9. The van der Waals surface area contributed by atoms with Crippen molar-refractivity contribution >= 4 is 11.8 Å². The molecule has 0 saturated carbocycles. The van der Waals surface area contributed by atoms with Gasteiger partial charge in [0, 0.05) is 46.7 Å². The predicted octanol–water partition coefficient (Wildman–Crippen LogP) is 0.396. The van der Waals surface area contributed by atoms with Gasteiger partial charge in [0.2, 0.25) is 11.8 Å². The third-order valence-corrected chi connectivity index (χ3v) is 5.56. The molecule has 0 bridgehead atoms. The number of rotatable bonds is 7. The quantitative estimate of drug-likeness (QED) is 0.628. The largest absolute Gasteiger partial charge is 0.497 e. The van der Waals surface area contributed by atoms with E-state index in [1.807, 2.05) is 29.2 Å². The van der Waals surface area contributed by atoms with E-state index >= 15 is 0 Å². The van der Waals surface area contributed by atoms with Crippen molar-refractivity contribution in [1.82, 2.24) is 34.9 Å². The Balaban J connectivity index is 1.75. The van der Waals surface area contributed by atoms with Crippen LogP contribution in [0.15, 0.2) is 24.3 Å². The Bertz CT molecular complexity index is 899. The molecule has 2 aromatic rings. The van der Waals surface area contributed by atoms with E-state index in [1.165, 1.54) is 0 Å². The summed E-state index contributed by atoms with van der Waals surface area (Å²) in [4.78, 5) is 31.2. The number of aromatic nitrogens is 4. The maximum absolute atomic E-state index is 13.6. The van der Waals surface area contributed by atoms with Gasteiger partial charge in [-0.05, 0) is 41.5 Å². The summed E-state index contributed by atoms with van der Waals surface area (Å²) in [7, 11) is 5.14. The van der Waals surface area contributed by atoms with Crippen LogP contribution < -0.4 is 4.74 Å². The molecule has 0 spiro atoms. The van der Waals surface area contributed by atoms with Gasteiger partial charge in [0.15, 0.2) is 0 Å². The molecule has 0 aliphatic carbocycles. The van der Waals surface area contributed by atoms with Crippen LogP contribution in [0.2, 0.25) is 0 Å². The zero-order valence-electron chi connectivity index (χ0n) is 18.7. The van der Waals surface area contributed by atoms with Crippen LogP contribution in [-0.2, 0) is 16.0 Å². The van der Waals surface area contributed by atoms with Crippen LogP contribution in [0.5, 0.6) is 5.75 Å². The topological polar surface area (TPSA) is 96.7 Å². The SMILES string of the molecule is COc1cccc(C[C@H](C(=O)N2CCCN(CC(=O)N(C)C)CC2)n2nnnc2C)c1. The fourth-order valence-electron chi connectivity index (χ4n) is 3.72. The molecule has 1 saturated heterocycles. The van der Waals surface area contributed by atoms with Gasteiger partial charge < -0.3 is 14.5 Å². The second kappa shape index (κ2) is 10.3. The number of hydrogen-bond donors (Lipinski definition) is 0. The molecule has 31 heavy (non-hydrogen) atoms. The number of carbonyl (C=O) groups is 2. The molecule has 0 unspecified atom stereocenters. The van der Waals surface area contributed by atoms with E-state index in [-0.39, 0.29) is 11.8 Å². The zero-order chi connectivity index (χ0) is 22.4. The molecule has 1 fully saturated rings. The molecule has 1 atom stereocenters. The number of hydrogen-bond acceptors (Lipinski definition) is 7. The fourth-order valence-corrected chi connectivity index (χ4v) is 3.72. The Hall–Kier alpha value is -3.01. The number of amides is 2. The number of methoxy groups -OCH3 is 1. The molecular formula is C21H31N7O3. The van der Waals surface area contributed by atoms with Crippen molar-refractivity contribution in [3.63, 3.8) is 0 Å². The smallest absolute Gasteiger partial charge is 0.247 e. The van der Waals surface area contributed by atoms with Gasteiger partial charge in [-0.2, -0.15) is 0 Å². The molecule has 1 aliphatic heterocycles. The molecule has 10 heteroatoms. The van der Waals surface area contributed by atoms with Gasteiger partial charge in [0.1, 0.15) is 17.6 Å². The number of aryl methyl sites for hydroxylation is 1. The second-order valence-corrected chi connectivity index (χ2v) is 7.99. The van der Waals surface area contributed by atoms with E-state index in [4.69, 9.17) is 4.74 Å². The minimum Gasteiger partial charge on any atom is -0.497 e. The van der Waals surface area contributed by atoms with E-state index in [2.05, 4.69) is 20.4 Å². The molecule has 1 aliphatic rings. The molecule has 0 radical (unpaired) electrons. The molecule has 2 amide bonds. The van der Waals surface area contributed by atoms with Crippen LogP contribution in [-0.4, -0.2) is 101 Å². The minimum absolute atomic E-state index is 0.0148. The average molecular weight is 430 g/mol. The lowest BCUT2D eigenvalue weighted by Gasteiger charge is -2.27. The third-order valence-electron chi connectivity index (χ3n) is 5.56. The highest BCUT2D eigenvalue weighted by Gasteiger charge is 2.30. The first-order chi connectivity index (χ1) is 14.9. The molecule has 168 valence electrons. The van der Waals surface area contributed by atoms with E-state index < -0.39 is 6.04 Å². The summed E-state index contributed by atoms with van der Waals surface area (Å²) in [5, 5.41) is 11.8. The van der Waals surface area contributed by atoms with E-state index in [0.717, 1.165) is 24.3 Å². The first-order valence-corrected chi connectivity index (χ1v) is 10.5. The van der Waals surface area contributed by atoms with Crippen molar-refractivity contribution in [2.24, 2.45) is 0 Å². The molecule has 1 aromatic heterocycles. The van der Waals surface area contributed by atoms with Gasteiger partial charge in [-0.15, -0.1) is 5.10 Å². The van der Waals surface area contributed by atoms with E-state index in [1.54, 1.807) is 37.7 Å². The van der Waals surface area contributed by atoms with Crippen LogP contribution in [0, 0.1) is 6.92 Å². The molecular weight excluding hydrogens is 398 g/mol. The van der Waals surface area contributed by atoms with Gasteiger partial charge in [0.05, 0.1) is 13.7 Å². The summed E-state index contributed by atoms with van der Waals surface area (Å²) in [6.07, 6.45) is 1.27. The van der Waals surface area contributed by atoms with Crippen LogP contribution in [0.1, 0.15) is 23.9 Å². The van der Waals surface area contributed by atoms with Crippen LogP contribution in [0.3, 0.4) is 0 Å². The summed E-state index contributed by atoms with van der Waals surface area (Å²) in [6.45, 7) is 4.81. The summed E-state index contributed by atoms with van der Waals surface area (Å²) < 4.78 is 6.92. The number of ether oxygens (including phenoxy) is 1. The van der Waals surface area contributed by atoms with Crippen molar-refractivity contribution in [2.75, 3.05) is 53.9 Å². The first kappa shape index (κ1) is 22.7. The Morgan fingerprint density at radius 2 is 2.00 bits per heavy atom. The Morgan fingerprint density at radius 3 is 2.68 bits per heavy atom. The Kier molecular flexibility index (Phi) is 7.56. The molecule has 1 aromatic carbocycles. The maximum atomic E-state index is 13.6. The standard InChI is InChI=1S/C21H31N7O3/c1-16-22-23-24-28(16)19(14-17-7-5-8-18(13-17)31-4)21(30)27-10-6-9-26(11-12-27)15-20(29)25(2)3/h5,7-8,13,19H,6,9-12,14-15H2,1-4H3/t19-/m1/s1. The van der Waals surface area contributed by atoms with E-state index in [9.17, 15) is 9.59 Å². The Labute approximate surface area is 182 Å². The highest BCUT2D eigenvalue weighted by Crippen LogP contribution is 2.21. The summed E-state index contributed by atoms with van der Waals surface area (Å²) in [5.41, 5.74) is 0.973. The maximum Gasteiger partial charge on any atom is 0.247 e. The van der Waals surface area contributed by atoms with Crippen LogP contribution in [0.4, 0.5) is 0 Å². The number of nitrogens with zero attached hydrogens (tertiary/aromatic N) is 7. The predicted molar refractivity (Wildman–Crippen MR) is 115 cm³/mol. The van der Waals surface area contributed by atoms with Gasteiger partial charge in [-0.3, -0.25) is 14.5 Å². The Morgan fingerprint density at radius 1 is 1.19 bits per heavy atom. The summed E-state index contributed by atoms with van der Waals surface area (Å²) in [5.74, 6) is 1.39. The number of carbonyl (C=O) groups excluding carboxylic acids is 2. The number of benzene rings is 1. The van der Waals surface area contributed by atoms with Crippen LogP contribution in [0.25, 0.3) is 0 Å². The summed E-state index contributed by atoms with van der Waals surface area (Å²) in [6, 6.07) is 7.14. The van der Waals surface area contributed by atoms with Gasteiger partial charge in [0.25, 0.3) is 0 Å². The zero-order valence-corrected chi connectivity index (χ0v) is 18.7. The second-order valence-electron chi connectivity index (χ2n) is 7.99. The van der Waals surface area contributed by atoms with Gasteiger partial charge in [-0.25, -0.2) is 4.68 Å². The highest BCUT2D eigenvalue weighted by atomic mass is 16.5. The fraction of sp³-hybridized carbons (Fsp3) is 0.571. The highest BCUT2D eigenvalue weighted by molar-refractivity contribution is 5.81. The van der Waals surface area contributed by atoms with Gasteiger partial charge >= 0.3 is 0 Å². The van der Waals surface area contributed by atoms with Crippen molar-refractivity contribution in [3.8, 4) is 5.75 Å².